The highest BCUT2D eigenvalue weighted by molar-refractivity contribution is 6.30. The van der Waals surface area contributed by atoms with Crippen molar-refractivity contribution in [3.05, 3.63) is 53.6 Å². The molecule has 2 amide bonds. The third-order valence-electron chi connectivity index (χ3n) is 2.70. The predicted molar refractivity (Wildman–Crippen MR) is 80.2 cm³/mol. The molecule has 0 spiro atoms. The van der Waals surface area contributed by atoms with Gasteiger partial charge in [-0.2, -0.15) is 0 Å². The highest BCUT2D eigenvalue weighted by Gasteiger charge is 2.06. The van der Waals surface area contributed by atoms with Gasteiger partial charge in [0, 0.05) is 10.7 Å². The lowest BCUT2D eigenvalue weighted by molar-refractivity contribution is 0.262. The normalized spacial score (nSPS) is 10.4. The molecule has 5 nitrogen and oxygen atoms in total. The summed E-state index contributed by atoms with van der Waals surface area (Å²) in [5.41, 5.74) is 2.28. The van der Waals surface area contributed by atoms with Crippen molar-refractivity contribution in [3.8, 4) is 0 Å². The summed E-state index contributed by atoms with van der Waals surface area (Å²) < 4.78 is 0. The van der Waals surface area contributed by atoms with E-state index in [2.05, 4.69) is 20.6 Å². The van der Waals surface area contributed by atoms with Crippen molar-refractivity contribution in [1.29, 1.82) is 0 Å². The first-order chi connectivity index (χ1) is 9.70. The number of aromatic nitrogens is 2. The van der Waals surface area contributed by atoms with Crippen molar-refractivity contribution in [2.45, 2.75) is 0 Å². The summed E-state index contributed by atoms with van der Waals surface area (Å²) in [6.45, 7) is 0. The Morgan fingerprint density at radius 3 is 2.75 bits per heavy atom. The maximum Gasteiger partial charge on any atom is 0.326 e. The molecule has 20 heavy (non-hydrogen) atoms. The lowest BCUT2D eigenvalue weighted by atomic mass is 10.3. The van der Waals surface area contributed by atoms with Crippen LogP contribution in [0.25, 0.3) is 11.0 Å². The number of carbonyl (C=O) groups excluding carboxylic acids is 1. The number of urea groups is 1. The number of imidazole rings is 1. The highest BCUT2D eigenvalue weighted by Crippen LogP contribution is 2.16. The van der Waals surface area contributed by atoms with Gasteiger partial charge in [0.2, 0.25) is 5.95 Å². The third-order valence-corrected chi connectivity index (χ3v) is 2.94. The number of anilines is 2. The maximum atomic E-state index is 11.8. The van der Waals surface area contributed by atoms with Crippen molar-refractivity contribution < 1.29 is 4.79 Å². The van der Waals surface area contributed by atoms with Crippen LogP contribution < -0.4 is 10.6 Å². The van der Waals surface area contributed by atoms with E-state index in [4.69, 9.17) is 11.6 Å². The maximum absolute atomic E-state index is 11.8. The van der Waals surface area contributed by atoms with Gasteiger partial charge in [-0.1, -0.05) is 29.8 Å². The van der Waals surface area contributed by atoms with Crippen molar-refractivity contribution in [2.24, 2.45) is 0 Å². The minimum Gasteiger partial charge on any atom is -0.324 e. The van der Waals surface area contributed by atoms with E-state index in [9.17, 15) is 4.79 Å². The van der Waals surface area contributed by atoms with Crippen LogP contribution in [-0.4, -0.2) is 16.0 Å². The molecule has 0 aliphatic rings. The molecule has 0 bridgehead atoms. The quantitative estimate of drug-likeness (QED) is 0.669. The van der Waals surface area contributed by atoms with Gasteiger partial charge >= 0.3 is 6.03 Å². The van der Waals surface area contributed by atoms with Crippen LogP contribution in [0, 0.1) is 0 Å². The Hall–Kier alpha value is -2.53. The summed E-state index contributed by atoms with van der Waals surface area (Å²) in [5.74, 6) is 0.394. The summed E-state index contributed by atoms with van der Waals surface area (Å²) in [7, 11) is 0. The molecule has 0 aliphatic heterocycles. The van der Waals surface area contributed by atoms with Crippen LogP contribution in [0.1, 0.15) is 0 Å². The Kier molecular flexibility index (Phi) is 3.26. The zero-order valence-electron chi connectivity index (χ0n) is 10.4. The summed E-state index contributed by atoms with van der Waals surface area (Å²) >= 11 is 5.85. The molecule has 6 heteroatoms. The number of H-pyrrole nitrogens is 1. The predicted octanol–water partition coefficient (Wildman–Crippen LogP) is 3.86. The largest absolute Gasteiger partial charge is 0.326 e. The van der Waals surface area contributed by atoms with Gasteiger partial charge in [-0.25, -0.2) is 9.78 Å². The van der Waals surface area contributed by atoms with Gasteiger partial charge in [0.05, 0.1) is 11.0 Å². The third kappa shape index (κ3) is 2.73. The summed E-state index contributed by atoms with van der Waals surface area (Å²) in [4.78, 5) is 19.1. The van der Waals surface area contributed by atoms with Gasteiger partial charge in [0.1, 0.15) is 0 Å². The van der Waals surface area contributed by atoms with Crippen molar-refractivity contribution in [2.75, 3.05) is 10.6 Å². The van der Waals surface area contributed by atoms with Crippen LogP contribution in [0.15, 0.2) is 48.5 Å². The standard InChI is InChI=1S/C14H11ClN4O/c15-9-4-3-5-10(8-9)16-14(20)19-13-17-11-6-1-2-7-12(11)18-13/h1-8H,(H3,16,17,18,19,20). The number of nitrogens with zero attached hydrogens (tertiary/aromatic N) is 1. The molecule has 0 aliphatic carbocycles. The van der Waals surface area contributed by atoms with E-state index in [-0.39, 0.29) is 6.03 Å². The number of benzene rings is 2. The average molecular weight is 287 g/mol. The molecular weight excluding hydrogens is 276 g/mol. The Morgan fingerprint density at radius 2 is 1.95 bits per heavy atom. The highest BCUT2D eigenvalue weighted by atomic mass is 35.5. The van der Waals surface area contributed by atoms with Gasteiger partial charge in [-0.3, -0.25) is 5.32 Å². The van der Waals surface area contributed by atoms with E-state index in [1.54, 1.807) is 24.3 Å². The van der Waals surface area contributed by atoms with Crippen molar-refractivity contribution in [3.63, 3.8) is 0 Å². The van der Waals surface area contributed by atoms with E-state index >= 15 is 0 Å². The minimum absolute atomic E-state index is 0.383. The monoisotopic (exact) mass is 286 g/mol. The minimum atomic E-state index is -0.383. The number of amides is 2. The fraction of sp³-hybridized carbons (Fsp3) is 0. The van der Waals surface area contributed by atoms with Crippen LogP contribution >= 0.6 is 11.6 Å². The second kappa shape index (κ2) is 5.22. The second-order valence-corrected chi connectivity index (χ2v) is 4.63. The molecule has 1 aromatic heterocycles. The Labute approximate surface area is 120 Å². The first-order valence-corrected chi connectivity index (χ1v) is 6.37. The second-order valence-electron chi connectivity index (χ2n) is 4.19. The van der Waals surface area contributed by atoms with Gasteiger partial charge in [0.25, 0.3) is 0 Å². The van der Waals surface area contributed by atoms with Crippen LogP contribution in [0.5, 0.6) is 0 Å². The number of para-hydroxylation sites is 2. The van der Waals surface area contributed by atoms with E-state index in [1.807, 2.05) is 24.3 Å². The number of rotatable bonds is 2. The smallest absolute Gasteiger partial charge is 0.324 e. The SMILES string of the molecule is O=C(Nc1cccc(Cl)c1)Nc1nc2ccccc2[nH]1. The van der Waals surface area contributed by atoms with Crippen LogP contribution in [0.2, 0.25) is 5.02 Å². The molecule has 0 saturated heterocycles. The number of halogens is 1. The summed E-state index contributed by atoms with van der Waals surface area (Å²) in [6, 6.07) is 14.1. The average Bonchev–Trinajstić information content (AvgIpc) is 2.80. The number of aromatic amines is 1. The molecule has 0 fully saturated rings. The van der Waals surface area contributed by atoms with Gasteiger partial charge < -0.3 is 10.3 Å². The van der Waals surface area contributed by atoms with Crippen LogP contribution in [0.4, 0.5) is 16.4 Å². The first kappa shape index (κ1) is 12.5. The lowest BCUT2D eigenvalue weighted by Crippen LogP contribution is -2.20. The molecule has 3 rings (SSSR count). The van der Waals surface area contributed by atoms with Crippen molar-refractivity contribution >= 4 is 40.3 Å². The molecule has 2 aromatic carbocycles. The van der Waals surface area contributed by atoms with E-state index in [1.165, 1.54) is 0 Å². The number of hydrogen-bond donors (Lipinski definition) is 3. The summed E-state index contributed by atoms with van der Waals surface area (Å²) in [6.07, 6.45) is 0. The molecule has 0 atom stereocenters. The molecule has 100 valence electrons. The van der Waals surface area contributed by atoms with E-state index in [0.717, 1.165) is 11.0 Å². The Balaban J connectivity index is 1.72. The molecular formula is C14H11ClN4O. The number of fused-ring (bicyclic) bond motifs is 1. The molecule has 0 saturated carbocycles. The molecule has 0 unspecified atom stereocenters. The van der Waals surface area contributed by atoms with Crippen LogP contribution in [0.3, 0.4) is 0 Å². The number of nitrogens with one attached hydrogen (secondary N) is 3. The van der Waals surface area contributed by atoms with Crippen LogP contribution in [-0.2, 0) is 0 Å². The number of carbonyl (C=O) groups is 1. The van der Waals surface area contributed by atoms with Gasteiger partial charge in [-0.15, -0.1) is 0 Å². The van der Waals surface area contributed by atoms with Gasteiger partial charge in [0.15, 0.2) is 0 Å². The fourth-order valence-electron chi connectivity index (χ4n) is 1.85. The Morgan fingerprint density at radius 1 is 1.10 bits per heavy atom. The summed E-state index contributed by atoms with van der Waals surface area (Å²) in [5, 5.41) is 5.88. The zero-order chi connectivity index (χ0) is 13.9. The topological polar surface area (TPSA) is 69.8 Å². The van der Waals surface area contributed by atoms with E-state index < -0.39 is 0 Å². The first-order valence-electron chi connectivity index (χ1n) is 5.99. The van der Waals surface area contributed by atoms with Crippen molar-refractivity contribution in [1.82, 2.24) is 9.97 Å². The molecule has 0 radical (unpaired) electrons. The number of hydrogen-bond acceptors (Lipinski definition) is 2. The Bertz CT molecular complexity index is 735. The molecule has 3 N–H and O–H groups in total. The molecule has 1 heterocycles. The zero-order valence-corrected chi connectivity index (χ0v) is 11.1. The molecule has 3 aromatic rings. The van der Waals surface area contributed by atoms with Gasteiger partial charge in [-0.05, 0) is 30.3 Å². The fourth-order valence-corrected chi connectivity index (χ4v) is 2.04. The lowest BCUT2D eigenvalue weighted by Gasteiger charge is -2.05. The van der Waals surface area contributed by atoms with E-state index in [0.29, 0.717) is 16.7 Å².